The number of hydrogen-bond acceptors (Lipinski definition) is 6. The van der Waals surface area contributed by atoms with E-state index in [1.54, 1.807) is 6.07 Å². The molecule has 8 heteroatoms. The lowest BCUT2D eigenvalue weighted by atomic mass is 10.2. The molecule has 26 heavy (non-hydrogen) atoms. The summed E-state index contributed by atoms with van der Waals surface area (Å²) < 4.78 is 4.69. The summed E-state index contributed by atoms with van der Waals surface area (Å²) in [7, 11) is 1.29. The predicted molar refractivity (Wildman–Crippen MR) is 99.0 cm³/mol. The highest BCUT2D eigenvalue weighted by molar-refractivity contribution is 6.34. The molecule has 1 aromatic heterocycles. The van der Waals surface area contributed by atoms with Gasteiger partial charge in [-0.3, -0.25) is 4.79 Å². The van der Waals surface area contributed by atoms with E-state index in [1.165, 1.54) is 25.3 Å². The van der Waals surface area contributed by atoms with E-state index in [9.17, 15) is 9.59 Å². The Morgan fingerprint density at radius 1 is 1.19 bits per heavy atom. The van der Waals surface area contributed by atoms with E-state index >= 15 is 0 Å². The average Bonchev–Trinajstić information content (AvgIpc) is 3.17. The monoisotopic (exact) mass is 374 g/mol. The highest BCUT2D eigenvalue weighted by Crippen LogP contribution is 2.24. The molecule has 0 radical (unpaired) electrons. The number of aromatic nitrogens is 2. The topological polar surface area (TPSA) is 84.4 Å². The number of anilines is 2. The predicted octanol–water partition coefficient (Wildman–Crippen LogP) is 3.08. The smallest absolute Gasteiger partial charge is 0.337 e. The van der Waals surface area contributed by atoms with Gasteiger partial charge in [-0.05, 0) is 44.0 Å². The largest absolute Gasteiger partial charge is 0.465 e. The Bertz CT molecular complexity index is 850. The molecule has 1 saturated heterocycles. The zero-order valence-electron chi connectivity index (χ0n) is 14.6. The number of carbonyl (C=O) groups is 2. The lowest BCUT2D eigenvalue weighted by Crippen LogP contribution is -2.23. The van der Waals surface area contributed by atoms with E-state index in [4.69, 9.17) is 11.6 Å². The number of nitrogens with zero attached hydrogens (tertiary/aromatic N) is 3. The quantitative estimate of drug-likeness (QED) is 0.828. The molecule has 2 heterocycles. The van der Waals surface area contributed by atoms with Crippen molar-refractivity contribution in [3.05, 3.63) is 46.2 Å². The summed E-state index contributed by atoms with van der Waals surface area (Å²) in [4.78, 5) is 35.2. The molecule has 3 rings (SSSR count). The van der Waals surface area contributed by atoms with E-state index in [0.29, 0.717) is 27.9 Å². The van der Waals surface area contributed by atoms with Crippen LogP contribution in [0.25, 0.3) is 0 Å². The third kappa shape index (κ3) is 3.94. The zero-order valence-corrected chi connectivity index (χ0v) is 15.3. The summed E-state index contributed by atoms with van der Waals surface area (Å²) in [6, 6.07) is 6.16. The van der Waals surface area contributed by atoms with E-state index in [-0.39, 0.29) is 5.69 Å². The van der Waals surface area contributed by atoms with Gasteiger partial charge in [-0.2, -0.15) is 0 Å². The number of esters is 1. The van der Waals surface area contributed by atoms with Crippen LogP contribution < -0.4 is 10.2 Å². The van der Waals surface area contributed by atoms with Gasteiger partial charge in [-0.25, -0.2) is 14.8 Å². The van der Waals surface area contributed by atoms with Gasteiger partial charge >= 0.3 is 5.97 Å². The van der Waals surface area contributed by atoms with Crippen molar-refractivity contribution in [3.63, 3.8) is 0 Å². The van der Waals surface area contributed by atoms with Crippen molar-refractivity contribution in [3.8, 4) is 0 Å². The van der Waals surface area contributed by atoms with Crippen LogP contribution in [0.15, 0.2) is 24.3 Å². The highest BCUT2D eigenvalue weighted by Gasteiger charge is 2.19. The molecule has 0 spiro atoms. The molecule has 1 aliphatic rings. The fourth-order valence-electron chi connectivity index (χ4n) is 2.78. The molecule has 0 saturated carbocycles. The summed E-state index contributed by atoms with van der Waals surface area (Å²) >= 11 is 6.13. The van der Waals surface area contributed by atoms with E-state index in [1.807, 2.05) is 6.92 Å². The van der Waals surface area contributed by atoms with E-state index in [0.717, 1.165) is 25.9 Å². The summed E-state index contributed by atoms with van der Waals surface area (Å²) in [6.45, 7) is 3.60. The number of halogens is 1. The van der Waals surface area contributed by atoms with Crippen molar-refractivity contribution in [2.75, 3.05) is 30.4 Å². The van der Waals surface area contributed by atoms with Gasteiger partial charge in [0.25, 0.3) is 5.91 Å². The van der Waals surface area contributed by atoms with Crippen molar-refractivity contribution in [1.29, 1.82) is 0 Å². The lowest BCUT2D eigenvalue weighted by Gasteiger charge is -2.16. The van der Waals surface area contributed by atoms with Crippen LogP contribution in [0, 0.1) is 6.92 Å². The van der Waals surface area contributed by atoms with Crippen molar-refractivity contribution < 1.29 is 14.3 Å². The van der Waals surface area contributed by atoms with Crippen LogP contribution in [0.5, 0.6) is 0 Å². The Kier molecular flexibility index (Phi) is 5.37. The van der Waals surface area contributed by atoms with Gasteiger partial charge in [0.1, 0.15) is 5.69 Å². The summed E-state index contributed by atoms with van der Waals surface area (Å²) in [5.41, 5.74) is 1.57. The van der Waals surface area contributed by atoms with Gasteiger partial charge in [-0.1, -0.05) is 11.6 Å². The van der Waals surface area contributed by atoms with Gasteiger partial charge in [-0.15, -0.1) is 0 Å². The Hall–Kier alpha value is -2.67. The SMILES string of the molecule is COC(=O)c1ccc(Cl)c(NC(=O)c2cc(C)nc(N3CCCC3)n2)c1. The molecule has 2 aromatic rings. The molecule has 1 N–H and O–H groups in total. The second kappa shape index (κ2) is 7.70. The molecule has 0 bridgehead atoms. The highest BCUT2D eigenvalue weighted by atomic mass is 35.5. The molecule has 1 aliphatic heterocycles. The minimum Gasteiger partial charge on any atom is -0.465 e. The number of amides is 1. The first-order chi connectivity index (χ1) is 12.5. The fraction of sp³-hybridized carbons (Fsp3) is 0.333. The number of aryl methyl sites for hydroxylation is 1. The summed E-state index contributed by atoms with van der Waals surface area (Å²) in [5, 5.41) is 3.02. The van der Waals surface area contributed by atoms with Crippen molar-refractivity contribution in [2.45, 2.75) is 19.8 Å². The number of carbonyl (C=O) groups excluding carboxylic acids is 2. The lowest BCUT2D eigenvalue weighted by molar-refractivity contribution is 0.0600. The molecule has 136 valence electrons. The van der Waals surface area contributed by atoms with Crippen LogP contribution >= 0.6 is 11.6 Å². The van der Waals surface area contributed by atoms with Gasteiger partial charge in [0.2, 0.25) is 5.95 Å². The van der Waals surface area contributed by atoms with Crippen molar-refractivity contribution >= 4 is 35.1 Å². The Balaban J connectivity index is 1.85. The number of rotatable bonds is 4. The summed E-state index contributed by atoms with van der Waals surface area (Å²) in [6.07, 6.45) is 2.18. The molecule has 7 nitrogen and oxygen atoms in total. The van der Waals surface area contributed by atoms with Crippen LogP contribution in [0.1, 0.15) is 39.4 Å². The normalized spacial score (nSPS) is 13.6. The first-order valence-electron chi connectivity index (χ1n) is 8.28. The Morgan fingerprint density at radius 2 is 1.92 bits per heavy atom. The third-order valence-corrected chi connectivity index (χ3v) is 4.43. The molecule has 0 atom stereocenters. The molecule has 0 aliphatic carbocycles. The second-order valence-electron chi connectivity index (χ2n) is 6.03. The maximum atomic E-state index is 12.6. The minimum atomic E-state index is -0.508. The number of benzene rings is 1. The standard InChI is InChI=1S/C18H19ClN4O3/c1-11-9-15(22-18(20-11)23-7-3-4-8-23)16(24)21-14-10-12(17(25)26-2)5-6-13(14)19/h5-6,9-10H,3-4,7-8H2,1-2H3,(H,21,24). The maximum Gasteiger partial charge on any atom is 0.337 e. The third-order valence-electron chi connectivity index (χ3n) is 4.10. The fourth-order valence-corrected chi connectivity index (χ4v) is 2.94. The summed E-state index contributed by atoms with van der Waals surface area (Å²) in [5.74, 6) is -0.367. The molecule has 1 aromatic carbocycles. The second-order valence-corrected chi connectivity index (χ2v) is 6.44. The number of nitrogens with one attached hydrogen (secondary N) is 1. The minimum absolute atomic E-state index is 0.249. The van der Waals surface area contributed by atoms with E-state index < -0.39 is 11.9 Å². The Morgan fingerprint density at radius 3 is 2.62 bits per heavy atom. The molecular formula is C18H19ClN4O3. The number of hydrogen-bond donors (Lipinski definition) is 1. The van der Waals surface area contributed by atoms with Crippen LogP contribution in [-0.2, 0) is 4.74 Å². The number of ether oxygens (including phenoxy) is 1. The van der Waals surface area contributed by atoms with Gasteiger partial charge < -0.3 is 15.0 Å². The molecule has 0 unspecified atom stereocenters. The van der Waals surface area contributed by atoms with Crippen molar-refractivity contribution in [1.82, 2.24) is 9.97 Å². The van der Waals surface area contributed by atoms with Crippen LogP contribution in [0.4, 0.5) is 11.6 Å². The van der Waals surface area contributed by atoms with Crippen LogP contribution in [0.3, 0.4) is 0 Å². The van der Waals surface area contributed by atoms with Gasteiger partial charge in [0.15, 0.2) is 0 Å². The molecular weight excluding hydrogens is 356 g/mol. The zero-order chi connectivity index (χ0) is 18.7. The first kappa shape index (κ1) is 18.1. The van der Waals surface area contributed by atoms with Crippen LogP contribution in [-0.4, -0.2) is 42.0 Å². The van der Waals surface area contributed by atoms with Crippen LogP contribution in [0.2, 0.25) is 5.02 Å². The average molecular weight is 375 g/mol. The van der Waals surface area contributed by atoms with E-state index in [2.05, 4.69) is 24.9 Å². The first-order valence-corrected chi connectivity index (χ1v) is 8.65. The van der Waals surface area contributed by atoms with Gasteiger partial charge in [0, 0.05) is 18.8 Å². The maximum absolute atomic E-state index is 12.6. The Labute approximate surface area is 156 Å². The molecule has 1 fully saturated rings. The van der Waals surface area contributed by atoms with Gasteiger partial charge in [0.05, 0.1) is 23.4 Å². The van der Waals surface area contributed by atoms with Crippen molar-refractivity contribution in [2.24, 2.45) is 0 Å². The molecule has 1 amide bonds. The number of methoxy groups -OCH3 is 1.